The number of hydrogen-bond acceptors (Lipinski definition) is 2. The fourth-order valence-electron chi connectivity index (χ4n) is 0.986. The van der Waals surface area contributed by atoms with Gasteiger partial charge in [-0.25, -0.2) is 0 Å². The van der Waals surface area contributed by atoms with E-state index in [-0.39, 0.29) is 0 Å². The minimum atomic E-state index is -1.47. The predicted molar refractivity (Wildman–Crippen MR) is 62.1 cm³/mol. The lowest BCUT2D eigenvalue weighted by atomic mass is 9.86. The van der Waals surface area contributed by atoms with Crippen LogP contribution in [0.5, 0.6) is 0 Å². The third-order valence-corrected chi connectivity index (χ3v) is 1.60. The molecule has 1 aromatic rings. The van der Waals surface area contributed by atoms with E-state index in [1.807, 2.05) is 13.8 Å². The Kier molecular flexibility index (Phi) is 5.68. The Morgan fingerprint density at radius 2 is 1.86 bits per heavy atom. The monoisotopic (exact) mass is 193 g/mol. The van der Waals surface area contributed by atoms with Gasteiger partial charge >= 0.3 is 7.12 Å². The highest BCUT2D eigenvalue weighted by molar-refractivity contribution is 6.57. The zero-order chi connectivity index (χ0) is 11.1. The molecule has 3 nitrogen and oxygen atoms in total. The van der Waals surface area contributed by atoms with E-state index in [1.54, 1.807) is 18.2 Å². The van der Waals surface area contributed by atoms with Crippen LogP contribution in [-0.2, 0) is 0 Å². The van der Waals surface area contributed by atoms with Crippen molar-refractivity contribution in [1.82, 2.24) is 4.98 Å². The summed E-state index contributed by atoms with van der Waals surface area (Å²) in [6.45, 7) is 11.2. The minimum Gasteiger partial charge on any atom is -0.422 e. The second-order valence-electron chi connectivity index (χ2n) is 2.38. The third-order valence-electron chi connectivity index (χ3n) is 1.60. The van der Waals surface area contributed by atoms with Crippen molar-refractivity contribution in [1.29, 1.82) is 0 Å². The van der Waals surface area contributed by atoms with Crippen molar-refractivity contribution >= 4 is 24.9 Å². The molecule has 0 fully saturated rings. The van der Waals surface area contributed by atoms with E-state index in [0.29, 0.717) is 5.59 Å². The van der Waals surface area contributed by atoms with E-state index < -0.39 is 7.12 Å². The Morgan fingerprint density at radius 1 is 1.29 bits per heavy atom. The first kappa shape index (κ1) is 12.7. The molecule has 4 heteroatoms. The van der Waals surface area contributed by atoms with Crippen molar-refractivity contribution in [3.63, 3.8) is 0 Å². The quantitative estimate of drug-likeness (QED) is 0.627. The summed E-state index contributed by atoms with van der Waals surface area (Å²) in [4.78, 5) is 2.79. The van der Waals surface area contributed by atoms with Crippen LogP contribution in [0, 0.1) is 0 Å². The van der Waals surface area contributed by atoms with Crippen LogP contribution < -0.4 is 5.59 Å². The molecule has 0 atom stereocenters. The summed E-state index contributed by atoms with van der Waals surface area (Å²) in [5, 5.41) is 17.6. The Hall–Kier alpha value is -1.26. The van der Waals surface area contributed by atoms with Gasteiger partial charge in [-0.1, -0.05) is 33.1 Å². The van der Waals surface area contributed by atoms with Crippen LogP contribution in [-0.4, -0.2) is 22.2 Å². The number of rotatable bonds is 3. The largest absolute Gasteiger partial charge is 0.505 e. The molecule has 76 valence electrons. The van der Waals surface area contributed by atoms with Gasteiger partial charge in [0.1, 0.15) is 0 Å². The average Bonchev–Trinajstić information content (AvgIpc) is 2.63. The highest BCUT2D eigenvalue weighted by Gasteiger charge is 2.14. The van der Waals surface area contributed by atoms with Gasteiger partial charge in [0, 0.05) is 11.3 Å². The highest BCUT2D eigenvalue weighted by atomic mass is 16.4. The van der Waals surface area contributed by atoms with Crippen LogP contribution in [0.1, 0.15) is 25.1 Å². The Balaban J connectivity index is 0.000000791. The lowest BCUT2D eigenvalue weighted by molar-refractivity contribution is 0.424. The van der Waals surface area contributed by atoms with Gasteiger partial charge in [0.15, 0.2) is 0 Å². The van der Waals surface area contributed by atoms with E-state index >= 15 is 0 Å². The molecular formula is C10H16BNO2. The van der Waals surface area contributed by atoms with Crippen LogP contribution in [0.25, 0.3) is 12.2 Å². The first-order valence-electron chi connectivity index (χ1n) is 4.53. The van der Waals surface area contributed by atoms with Crippen LogP contribution in [0.3, 0.4) is 0 Å². The first-order valence-corrected chi connectivity index (χ1v) is 4.53. The summed E-state index contributed by atoms with van der Waals surface area (Å²) < 4.78 is 0. The van der Waals surface area contributed by atoms with Crippen molar-refractivity contribution in [2.24, 2.45) is 0 Å². The van der Waals surface area contributed by atoms with Crippen LogP contribution in [0.15, 0.2) is 19.2 Å². The van der Waals surface area contributed by atoms with Gasteiger partial charge in [-0.3, -0.25) is 0 Å². The van der Waals surface area contributed by atoms with Crippen molar-refractivity contribution in [3.8, 4) is 0 Å². The van der Waals surface area contributed by atoms with Gasteiger partial charge in [-0.05, 0) is 17.7 Å². The molecule has 0 saturated heterocycles. The summed E-state index contributed by atoms with van der Waals surface area (Å²) in [7, 11) is -1.47. The van der Waals surface area contributed by atoms with Gasteiger partial charge in [-0.15, -0.1) is 0 Å². The Labute approximate surface area is 84.9 Å². The smallest absolute Gasteiger partial charge is 0.422 e. The van der Waals surface area contributed by atoms with Crippen molar-refractivity contribution in [2.45, 2.75) is 13.8 Å². The molecule has 1 aromatic heterocycles. The molecule has 0 aromatic carbocycles. The van der Waals surface area contributed by atoms with Gasteiger partial charge in [0.2, 0.25) is 0 Å². The van der Waals surface area contributed by atoms with Gasteiger partial charge in [0.25, 0.3) is 0 Å². The zero-order valence-electron chi connectivity index (χ0n) is 8.62. The number of nitrogens with one attached hydrogen (secondary N) is 1. The lowest BCUT2D eigenvalue weighted by Crippen LogP contribution is -2.30. The summed E-state index contributed by atoms with van der Waals surface area (Å²) in [6, 6.07) is 1.62. The second kappa shape index (κ2) is 6.24. The van der Waals surface area contributed by atoms with E-state index in [2.05, 4.69) is 18.1 Å². The average molecular weight is 193 g/mol. The van der Waals surface area contributed by atoms with Crippen molar-refractivity contribution in [2.75, 3.05) is 0 Å². The SMILES string of the molecule is C=Cc1cc(B(O)O)[nH]c1C=C.CC. The van der Waals surface area contributed by atoms with Gasteiger partial charge < -0.3 is 15.0 Å². The molecule has 0 aliphatic rings. The number of hydrogen-bond donors (Lipinski definition) is 3. The van der Waals surface area contributed by atoms with Gasteiger partial charge in [0.05, 0.1) is 0 Å². The Bertz CT molecular complexity index is 280. The van der Waals surface area contributed by atoms with Crippen LogP contribution in [0.2, 0.25) is 0 Å². The maximum atomic E-state index is 8.81. The molecule has 1 heterocycles. The third kappa shape index (κ3) is 2.90. The zero-order valence-corrected chi connectivity index (χ0v) is 8.62. The molecule has 0 bridgehead atoms. The molecule has 1 rings (SSSR count). The van der Waals surface area contributed by atoms with Crippen LogP contribution >= 0.6 is 0 Å². The molecular weight excluding hydrogens is 177 g/mol. The summed E-state index contributed by atoms with van der Waals surface area (Å²) in [5.41, 5.74) is 1.90. The molecule has 0 spiro atoms. The number of aromatic nitrogens is 1. The van der Waals surface area contributed by atoms with Crippen molar-refractivity contribution in [3.05, 3.63) is 30.5 Å². The summed E-state index contributed by atoms with van der Waals surface area (Å²) >= 11 is 0. The number of H-pyrrole nitrogens is 1. The molecule has 0 unspecified atom stereocenters. The first-order chi connectivity index (χ1) is 6.69. The molecule has 0 amide bonds. The summed E-state index contributed by atoms with van der Waals surface area (Å²) in [5.74, 6) is 0. The molecule has 0 aliphatic heterocycles. The molecule has 0 saturated carbocycles. The molecule has 0 aliphatic carbocycles. The molecule has 14 heavy (non-hydrogen) atoms. The molecule has 0 radical (unpaired) electrons. The van der Waals surface area contributed by atoms with Gasteiger partial charge in [-0.2, -0.15) is 0 Å². The lowest BCUT2D eigenvalue weighted by Gasteiger charge is -1.90. The predicted octanol–water partition coefficient (Wildman–Crippen LogP) is 1.01. The highest BCUT2D eigenvalue weighted by Crippen LogP contribution is 2.07. The maximum Gasteiger partial charge on any atom is 0.505 e. The Morgan fingerprint density at radius 3 is 2.14 bits per heavy atom. The fourth-order valence-corrected chi connectivity index (χ4v) is 0.986. The van der Waals surface area contributed by atoms with E-state index in [0.717, 1.165) is 11.3 Å². The second-order valence-corrected chi connectivity index (χ2v) is 2.38. The minimum absolute atomic E-state index is 0.347. The standard InChI is InChI=1S/C8H10BNO2.C2H6/c1-3-6-5-8(9(11)12)10-7(6)4-2;1-2/h3-5,10-12H,1-2H2;1-2H3. The maximum absolute atomic E-state index is 8.81. The molecule has 3 N–H and O–H groups in total. The fraction of sp³-hybridized carbons (Fsp3) is 0.200. The van der Waals surface area contributed by atoms with Crippen molar-refractivity contribution < 1.29 is 10.0 Å². The topological polar surface area (TPSA) is 56.2 Å². The van der Waals surface area contributed by atoms with E-state index in [9.17, 15) is 0 Å². The van der Waals surface area contributed by atoms with E-state index in [4.69, 9.17) is 10.0 Å². The summed E-state index contributed by atoms with van der Waals surface area (Å²) in [6.07, 6.45) is 3.22. The normalized spacial score (nSPS) is 8.57. The van der Waals surface area contributed by atoms with E-state index in [1.165, 1.54) is 0 Å². The van der Waals surface area contributed by atoms with Crippen LogP contribution in [0.4, 0.5) is 0 Å². The number of aromatic amines is 1.